The monoisotopic (exact) mass is 315 g/mol. The van der Waals surface area contributed by atoms with Crippen molar-refractivity contribution in [1.82, 2.24) is 0 Å². The third kappa shape index (κ3) is 5.44. The van der Waals surface area contributed by atoms with Gasteiger partial charge in [0.1, 0.15) is 6.04 Å². The average molecular weight is 315 g/mol. The average Bonchev–Trinajstić information content (AvgIpc) is 2.46. The number of carboxylic acids is 1. The molecule has 1 unspecified atom stereocenters. The summed E-state index contributed by atoms with van der Waals surface area (Å²) < 4.78 is 24.4. The molecular weight excluding hydrogens is 300 g/mol. The van der Waals surface area contributed by atoms with E-state index < -0.39 is 37.2 Å². The molecule has 0 radical (unpaired) electrons. The zero-order valence-corrected chi connectivity index (χ0v) is 11.4. The van der Waals surface area contributed by atoms with Gasteiger partial charge in [0.15, 0.2) is 13.3 Å². The Labute approximate surface area is 124 Å². The summed E-state index contributed by atoms with van der Waals surface area (Å²) in [5, 5.41) is 13.2. The van der Waals surface area contributed by atoms with Crippen LogP contribution in [0, 0.1) is 0 Å². The molecule has 1 atom stereocenters. The second-order valence-corrected chi connectivity index (χ2v) is 4.43. The predicted octanol–water partition coefficient (Wildman–Crippen LogP) is 0.457. The number of nitrogens with one attached hydrogen (secondary N) is 2. The van der Waals surface area contributed by atoms with Crippen LogP contribution >= 0.6 is 0 Å². The Morgan fingerprint density at radius 1 is 1.05 bits per heavy atom. The Kier molecular flexibility index (Phi) is 6.39. The van der Waals surface area contributed by atoms with Crippen molar-refractivity contribution in [3.05, 3.63) is 23.8 Å². The number of halogens is 2. The van der Waals surface area contributed by atoms with Crippen molar-refractivity contribution in [3.63, 3.8) is 0 Å². The van der Waals surface area contributed by atoms with Crippen LogP contribution < -0.4 is 16.4 Å². The number of carbonyl (C=O) groups excluding carboxylic acids is 2. The number of alkyl halides is 2. The number of aliphatic carboxylic acids is 1. The van der Waals surface area contributed by atoms with Gasteiger partial charge >= 0.3 is 5.97 Å². The number of benzene rings is 1. The second-order valence-electron chi connectivity index (χ2n) is 4.43. The first-order valence-electron chi connectivity index (χ1n) is 6.19. The number of rotatable bonds is 7. The minimum Gasteiger partial charge on any atom is -0.480 e. The van der Waals surface area contributed by atoms with E-state index in [4.69, 9.17) is 10.8 Å². The van der Waals surface area contributed by atoms with Crippen LogP contribution in [0.1, 0.15) is 5.56 Å². The summed E-state index contributed by atoms with van der Waals surface area (Å²) in [6.07, 6.45) is -0.0901. The van der Waals surface area contributed by atoms with Crippen LogP contribution in [0.3, 0.4) is 0 Å². The maximum absolute atomic E-state index is 12.2. The van der Waals surface area contributed by atoms with E-state index in [0.29, 0.717) is 5.56 Å². The fourth-order valence-corrected chi connectivity index (χ4v) is 1.68. The standard InChI is InChI=1S/C13H15F2N3O4/c14-5-11(19)17-8-1-7(3-10(16)13(21)22)2-9(4-8)18-12(20)6-15/h1-2,4,10H,3,5-6,16H2,(H,17,19)(H,18,20)(H,21,22). The van der Waals surface area contributed by atoms with Crippen LogP contribution in [0.25, 0.3) is 0 Å². The van der Waals surface area contributed by atoms with Gasteiger partial charge in [-0.25, -0.2) is 8.78 Å². The summed E-state index contributed by atoms with van der Waals surface area (Å²) >= 11 is 0. The second kappa shape index (κ2) is 8.03. The maximum atomic E-state index is 12.2. The summed E-state index contributed by atoms with van der Waals surface area (Å²) in [6, 6.07) is 2.87. The zero-order valence-electron chi connectivity index (χ0n) is 11.4. The molecule has 0 saturated heterocycles. The van der Waals surface area contributed by atoms with Gasteiger partial charge in [-0.05, 0) is 30.2 Å². The number of amides is 2. The lowest BCUT2D eigenvalue weighted by Gasteiger charge is -2.12. The van der Waals surface area contributed by atoms with E-state index in [1.807, 2.05) is 0 Å². The number of nitrogens with two attached hydrogens (primary N) is 1. The van der Waals surface area contributed by atoms with Gasteiger partial charge in [0.05, 0.1) is 0 Å². The lowest BCUT2D eigenvalue weighted by atomic mass is 10.0. The maximum Gasteiger partial charge on any atom is 0.320 e. The highest BCUT2D eigenvalue weighted by Crippen LogP contribution is 2.20. The zero-order chi connectivity index (χ0) is 16.7. The molecule has 0 bridgehead atoms. The number of hydrogen-bond acceptors (Lipinski definition) is 4. The molecule has 0 spiro atoms. The lowest BCUT2D eigenvalue weighted by Crippen LogP contribution is -2.32. The Bertz CT molecular complexity index is 544. The normalized spacial score (nSPS) is 11.6. The molecule has 0 fully saturated rings. The van der Waals surface area contributed by atoms with E-state index in [9.17, 15) is 23.2 Å². The van der Waals surface area contributed by atoms with Crippen molar-refractivity contribution < 1.29 is 28.3 Å². The van der Waals surface area contributed by atoms with E-state index in [1.165, 1.54) is 18.2 Å². The summed E-state index contributed by atoms with van der Waals surface area (Å²) in [6.45, 7) is -2.49. The topological polar surface area (TPSA) is 122 Å². The van der Waals surface area contributed by atoms with Gasteiger partial charge in [0, 0.05) is 11.4 Å². The Hall–Kier alpha value is -2.55. The van der Waals surface area contributed by atoms with Crippen molar-refractivity contribution in [2.75, 3.05) is 24.0 Å². The van der Waals surface area contributed by atoms with Crippen LogP contribution in [0.15, 0.2) is 18.2 Å². The van der Waals surface area contributed by atoms with E-state index in [0.717, 1.165) is 0 Å². The van der Waals surface area contributed by atoms with E-state index in [2.05, 4.69) is 10.6 Å². The fraction of sp³-hybridized carbons (Fsp3) is 0.308. The molecule has 1 rings (SSSR count). The molecule has 120 valence electrons. The molecule has 5 N–H and O–H groups in total. The van der Waals surface area contributed by atoms with Crippen LogP contribution in [0.2, 0.25) is 0 Å². The first kappa shape index (κ1) is 17.5. The molecule has 0 aliphatic carbocycles. The molecule has 2 amide bonds. The van der Waals surface area contributed by atoms with Gasteiger partial charge in [0.25, 0.3) is 11.8 Å². The minimum atomic E-state index is -1.25. The highest BCUT2D eigenvalue weighted by atomic mass is 19.1. The highest BCUT2D eigenvalue weighted by molar-refractivity contribution is 5.95. The molecule has 0 heterocycles. The van der Waals surface area contributed by atoms with Crippen molar-refractivity contribution in [1.29, 1.82) is 0 Å². The third-order valence-electron chi connectivity index (χ3n) is 2.58. The van der Waals surface area contributed by atoms with Crippen molar-refractivity contribution in [2.45, 2.75) is 12.5 Å². The molecule has 0 saturated carbocycles. The Morgan fingerprint density at radius 2 is 1.50 bits per heavy atom. The quantitative estimate of drug-likeness (QED) is 0.582. The van der Waals surface area contributed by atoms with Gasteiger partial charge in [-0.2, -0.15) is 0 Å². The van der Waals surface area contributed by atoms with Gasteiger partial charge < -0.3 is 21.5 Å². The molecule has 9 heteroatoms. The SMILES string of the molecule is NC(Cc1cc(NC(=O)CF)cc(NC(=O)CF)c1)C(=O)O. The highest BCUT2D eigenvalue weighted by Gasteiger charge is 2.14. The largest absolute Gasteiger partial charge is 0.480 e. The van der Waals surface area contributed by atoms with Crippen molar-refractivity contribution in [3.8, 4) is 0 Å². The summed E-state index contributed by atoms with van der Waals surface area (Å²) in [7, 11) is 0. The molecule has 7 nitrogen and oxygen atoms in total. The summed E-state index contributed by atoms with van der Waals surface area (Å²) in [5.41, 5.74) is 6.05. The van der Waals surface area contributed by atoms with Gasteiger partial charge in [-0.15, -0.1) is 0 Å². The Balaban J connectivity index is 3.05. The van der Waals surface area contributed by atoms with E-state index in [-0.39, 0.29) is 17.8 Å². The van der Waals surface area contributed by atoms with Gasteiger partial charge in [-0.1, -0.05) is 0 Å². The Morgan fingerprint density at radius 3 is 1.86 bits per heavy atom. The first-order chi connectivity index (χ1) is 10.3. The lowest BCUT2D eigenvalue weighted by molar-refractivity contribution is -0.138. The molecule has 1 aromatic rings. The van der Waals surface area contributed by atoms with Crippen molar-refractivity contribution >= 4 is 29.2 Å². The van der Waals surface area contributed by atoms with Crippen LogP contribution in [-0.4, -0.2) is 42.3 Å². The van der Waals surface area contributed by atoms with E-state index >= 15 is 0 Å². The van der Waals surface area contributed by atoms with E-state index in [1.54, 1.807) is 0 Å². The van der Waals surface area contributed by atoms with Gasteiger partial charge in [-0.3, -0.25) is 14.4 Å². The summed E-state index contributed by atoms with van der Waals surface area (Å²) in [4.78, 5) is 32.9. The van der Waals surface area contributed by atoms with Crippen LogP contribution in [0.5, 0.6) is 0 Å². The first-order valence-corrected chi connectivity index (χ1v) is 6.19. The number of carboxylic acid groups (broad SMARTS) is 1. The minimum absolute atomic E-state index is 0.0901. The van der Waals surface area contributed by atoms with Crippen molar-refractivity contribution in [2.24, 2.45) is 5.73 Å². The van der Waals surface area contributed by atoms with Crippen LogP contribution in [0.4, 0.5) is 20.2 Å². The smallest absolute Gasteiger partial charge is 0.320 e. The number of hydrogen-bond donors (Lipinski definition) is 4. The molecule has 0 aliphatic rings. The third-order valence-corrected chi connectivity index (χ3v) is 2.58. The number of anilines is 2. The van der Waals surface area contributed by atoms with Gasteiger partial charge in [0.2, 0.25) is 0 Å². The fourth-order valence-electron chi connectivity index (χ4n) is 1.68. The molecule has 0 aliphatic heterocycles. The van der Waals surface area contributed by atoms with Crippen LogP contribution in [-0.2, 0) is 20.8 Å². The predicted molar refractivity (Wildman–Crippen MR) is 75.0 cm³/mol. The molecule has 1 aromatic carbocycles. The number of carbonyl (C=O) groups is 3. The molecule has 22 heavy (non-hydrogen) atoms. The molecular formula is C13H15F2N3O4. The molecule has 0 aromatic heterocycles. The summed E-state index contributed by atoms with van der Waals surface area (Å²) in [5.74, 6) is -3.06.